The Bertz CT molecular complexity index is 777. The predicted octanol–water partition coefficient (Wildman–Crippen LogP) is 3.67. The number of carboxylic acid groups (broad SMARTS) is 1. The van der Waals surface area contributed by atoms with Crippen LogP contribution < -0.4 is 0 Å². The van der Waals surface area contributed by atoms with Gasteiger partial charge in [0.1, 0.15) is 5.82 Å². The SMILES string of the molecule is O=C(O)c1ccc(F)cc1-c1c[nH]c2ccccc12. The van der Waals surface area contributed by atoms with Crippen molar-refractivity contribution in [2.45, 2.75) is 0 Å². The molecule has 0 atom stereocenters. The molecule has 1 heterocycles. The summed E-state index contributed by atoms with van der Waals surface area (Å²) >= 11 is 0. The van der Waals surface area contributed by atoms with Crippen molar-refractivity contribution in [2.24, 2.45) is 0 Å². The summed E-state index contributed by atoms with van der Waals surface area (Å²) in [6.07, 6.45) is 1.70. The predicted molar refractivity (Wildman–Crippen MR) is 70.7 cm³/mol. The maximum Gasteiger partial charge on any atom is 0.336 e. The standard InChI is InChI=1S/C15H10FNO2/c16-9-5-6-11(15(18)19)12(7-9)13-8-17-14-4-2-1-3-10(13)14/h1-8,17H,(H,18,19). The molecule has 0 radical (unpaired) electrons. The van der Waals surface area contributed by atoms with Gasteiger partial charge in [-0.05, 0) is 24.3 Å². The largest absolute Gasteiger partial charge is 0.478 e. The van der Waals surface area contributed by atoms with E-state index in [1.807, 2.05) is 24.3 Å². The summed E-state index contributed by atoms with van der Waals surface area (Å²) in [6, 6.07) is 11.2. The van der Waals surface area contributed by atoms with Crippen LogP contribution in [0.4, 0.5) is 4.39 Å². The Morgan fingerprint density at radius 3 is 2.68 bits per heavy atom. The Morgan fingerprint density at radius 1 is 1.11 bits per heavy atom. The van der Waals surface area contributed by atoms with Crippen molar-refractivity contribution >= 4 is 16.9 Å². The van der Waals surface area contributed by atoms with Crippen LogP contribution in [0.2, 0.25) is 0 Å². The van der Waals surface area contributed by atoms with Crippen LogP contribution in [0.3, 0.4) is 0 Å². The van der Waals surface area contributed by atoms with Crippen LogP contribution >= 0.6 is 0 Å². The number of aromatic carboxylic acids is 1. The number of aromatic nitrogens is 1. The number of aromatic amines is 1. The molecule has 0 spiro atoms. The zero-order valence-electron chi connectivity index (χ0n) is 9.85. The number of nitrogens with one attached hydrogen (secondary N) is 1. The van der Waals surface area contributed by atoms with E-state index in [4.69, 9.17) is 0 Å². The highest BCUT2D eigenvalue weighted by atomic mass is 19.1. The molecule has 0 aliphatic carbocycles. The Hall–Kier alpha value is -2.62. The topological polar surface area (TPSA) is 53.1 Å². The molecule has 3 rings (SSSR count). The lowest BCUT2D eigenvalue weighted by atomic mass is 9.99. The summed E-state index contributed by atoms with van der Waals surface area (Å²) in [4.78, 5) is 14.3. The second kappa shape index (κ2) is 4.24. The van der Waals surface area contributed by atoms with Crippen LogP contribution in [-0.2, 0) is 0 Å². The van der Waals surface area contributed by atoms with Gasteiger partial charge in [0.25, 0.3) is 0 Å². The smallest absolute Gasteiger partial charge is 0.336 e. The summed E-state index contributed by atoms with van der Waals surface area (Å²) in [6.45, 7) is 0. The van der Waals surface area contributed by atoms with Crippen LogP contribution in [0, 0.1) is 5.82 Å². The first-order valence-electron chi connectivity index (χ1n) is 5.76. The molecule has 0 aliphatic rings. The van der Waals surface area contributed by atoms with Gasteiger partial charge in [-0.25, -0.2) is 9.18 Å². The number of benzene rings is 2. The highest BCUT2D eigenvalue weighted by Gasteiger charge is 2.15. The number of para-hydroxylation sites is 1. The molecule has 2 aromatic carbocycles. The zero-order valence-corrected chi connectivity index (χ0v) is 9.85. The summed E-state index contributed by atoms with van der Waals surface area (Å²) in [5.74, 6) is -1.52. The monoisotopic (exact) mass is 255 g/mol. The van der Waals surface area contributed by atoms with Crippen molar-refractivity contribution < 1.29 is 14.3 Å². The molecule has 19 heavy (non-hydrogen) atoms. The molecule has 0 saturated heterocycles. The van der Waals surface area contributed by atoms with E-state index < -0.39 is 11.8 Å². The van der Waals surface area contributed by atoms with Crippen molar-refractivity contribution in [2.75, 3.05) is 0 Å². The third-order valence-electron chi connectivity index (χ3n) is 3.09. The Labute approximate surface area is 108 Å². The van der Waals surface area contributed by atoms with E-state index in [0.717, 1.165) is 17.0 Å². The van der Waals surface area contributed by atoms with Gasteiger partial charge in [-0.1, -0.05) is 18.2 Å². The normalized spacial score (nSPS) is 10.8. The quantitative estimate of drug-likeness (QED) is 0.734. The number of rotatable bonds is 2. The fraction of sp³-hybridized carbons (Fsp3) is 0. The molecule has 0 fully saturated rings. The molecule has 94 valence electrons. The van der Waals surface area contributed by atoms with Crippen LogP contribution in [0.25, 0.3) is 22.0 Å². The van der Waals surface area contributed by atoms with E-state index in [1.54, 1.807) is 6.20 Å². The third kappa shape index (κ3) is 1.87. The minimum atomic E-state index is -1.07. The number of hydrogen-bond acceptors (Lipinski definition) is 1. The molecular weight excluding hydrogens is 245 g/mol. The molecule has 0 aliphatic heterocycles. The lowest BCUT2D eigenvalue weighted by molar-refractivity contribution is 0.0697. The Balaban J connectivity index is 2.32. The number of halogens is 1. The van der Waals surface area contributed by atoms with Gasteiger partial charge in [0.15, 0.2) is 0 Å². The van der Waals surface area contributed by atoms with Gasteiger partial charge < -0.3 is 10.1 Å². The van der Waals surface area contributed by atoms with E-state index in [-0.39, 0.29) is 5.56 Å². The molecule has 1 aromatic heterocycles. The van der Waals surface area contributed by atoms with Crippen LogP contribution in [-0.4, -0.2) is 16.1 Å². The van der Waals surface area contributed by atoms with Crippen molar-refractivity contribution in [3.05, 3.63) is 60.0 Å². The fourth-order valence-corrected chi connectivity index (χ4v) is 2.22. The minimum absolute atomic E-state index is 0.0890. The molecule has 3 nitrogen and oxygen atoms in total. The molecule has 0 unspecified atom stereocenters. The van der Waals surface area contributed by atoms with Crippen LogP contribution in [0.5, 0.6) is 0 Å². The van der Waals surface area contributed by atoms with E-state index in [0.29, 0.717) is 11.1 Å². The van der Waals surface area contributed by atoms with Gasteiger partial charge in [-0.2, -0.15) is 0 Å². The first-order chi connectivity index (χ1) is 9.16. The third-order valence-corrected chi connectivity index (χ3v) is 3.09. The van der Waals surface area contributed by atoms with Crippen molar-refractivity contribution in [1.82, 2.24) is 4.98 Å². The number of hydrogen-bond donors (Lipinski definition) is 2. The van der Waals surface area contributed by atoms with E-state index in [1.165, 1.54) is 12.1 Å². The summed E-state index contributed by atoms with van der Waals surface area (Å²) < 4.78 is 13.4. The van der Waals surface area contributed by atoms with Gasteiger partial charge in [0, 0.05) is 28.2 Å². The lowest BCUT2D eigenvalue weighted by Gasteiger charge is -2.05. The molecule has 0 amide bonds. The summed E-state index contributed by atoms with van der Waals surface area (Å²) in [5.41, 5.74) is 2.04. The Morgan fingerprint density at radius 2 is 1.89 bits per heavy atom. The van der Waals surface area contributed by atoms with Gasteiger partial charge in [0.2, 0.25) is 0 Å². The highest BCUT2D eigenvalue weighted by Crippen LogP contribution is 2.31. The second-order valence-electron chi connectivity index (χ2n) is 4.24. The summed E-state index contributed by atoms with van der Waals surface area (Å²) in [5, 5.41) is 10.1. The zero-order chi connectivity index (χ0) is 13.4. The van der Waals surface area contributed by atoms with E-state index in [2.05, 4.69) is 4.98 Å². The van der Waals surface area contributed by atoms with Crippen molar-refractivity contribution in [1.29, 1.82) is 0 Å². The molecule has 3 aromatic rings. The number of carboxylic acids is 1. The lowest BCUT2D eigenvalue weighted by Crippen LogP contribution is -1.99. The number of fused-ring (bicyclic) bond motifs is 1. The number of H-pyrrole nitrogens is 1. The maximum absolute atomic E-state index is 13.4. The first kappa shape index (κ1) is 11.5. The first-order valence-corrected chi connectivity index (χ1v) is 5.76. The average Bonchev–Trinajstić information content (AvgIpc) is 2.82. The highest BCUT2D eigenvalue weighted by molar-refractivity contribution is 6.03. The maximum atomic E-state index is 13.4. The van der Waals surface area contributed by atoms with Gasteiger partial charge in [-0.3, -0.25) is 0 Å². The van der Waals surface area contributed by atoms with Gasteiger partial charge >= 0.3 is 5.97 Å². The molecular formula is C15H10FNO2. The second-order valence-corrected chi connectivity index (χ2v) is 4.24. The minimum Gasteiger partial charge on any atom is -0.478 e. The molecule has 0 bridgehead atoms. The average molecular weight is 255 g/mol. The van der Waals surface area contributed by atoms with Crippen LogP contribution in [0.1, 0.15) is 10.4 Å². The molecule has 0 saturated carbocycles. The van der Waals surface area contributed by atoms with Crippen molar-refractivity contribution in [3.8, 4) is 11.1 Å². The molecule has 2 N–H and O–H groups in total. The van der Waals surface area contributed by atoms with E-state index in [9.17, 15) is 14.3 Å². The van der Waals surface area contributed by atoms with Gasteiger partial charge in [-0.15, -0.1) is 0 Å². The van der Waals surface area contributed by atoms with Crippen LogP contribution in [0.15, 0.2) is 48.7 Å². The van der Waals surface area contributed by atoms with Gasteiger partial charge in [0.05, 0.1) is 5.56 Å². The number of carbonyl (C=O) groups is 1. The van der Waals surface area contributed by atoms with Crippen molar-refractivity contribution in [3.63, 3.8) is 0 Å². The summed E-state index contributed by atoms with van der Waals surface area (Å²) in [7, 11) is 0. The Kier molecular flexibility index (Phi) is 2.56. The van der Waals surface area contributed by atoms with E-state index >= 15 is 0 Å². The fourth-order valence-electron chi connectivity index (χ4n) is 2.22. The molecule has 4 heteroatoms.